The van der Waals surface area contributed by atoms with Crippen LogP contribution in [0.25, 0.3) is 0 Å². The molecule has 6 nitrogen and oxygen atoms in total. The first-order valence-corrected chi connectivity index (χ1v) is 7.92. The zero-order valence-electron chi connectivity index (χ0n) is 14.2. The molecule has 0 aromatic heterocycles. The lowest BCUT2D eigenvalue weighted by atomic mass is 10.2. The van der Waals surface area contributed by atoms with Crippen LogP contribution in [-0.2, 0) is 9.59 Å². The van der Waals surface area contributed by atoms with Gasteiger partial charge in [-0.15, -0.1) is 0 Å². The first kappa shape index (κ1) is 18.5. The summed E-state index contributed by atoms with van der Waals surface area (Å²) < 4.78 is 0. The van der Waals surface area contributed by atoms with E-state index in [2.05, 4.69) is 15.8 Å². The second kappa shape index (κ2) is 8.30. The van der Waals surface area contributed by atoms with Crippen LogP contribution in [0.5, 0.6) is 0 Å². The average molecular weight is 359 g/mol. The van der Waals surface area contributed by atoms with Crippen LogP contribution >= 0.6 is 11.6 Å². The van der Waals surface area contributed by atoms with Gasteiger partial charge in [-0.1, -0.05) is 29.8 Å². The van der Waals surface area contributed by atoms with E-state index in [-0.39, 0.29) is 0 Å². The Kier molecular flexibility index (Phi) is 6.14. The van der Waals surface area contributed by atoms with Gasteiger partial charge in [-0.3, -0.25) is 9.59 Å². The maximum atomic E-state index is 11.8. The van der Waals surface area contributed by atoms with Crippen molar-refractivity contribution in [1.29, 1.82) is 0 Å². The Morgan fingerprint density at radius 1 is 1.08 bits per heavy atom. The molecule has 25 heavy (non-hydrogen) atoms. The van der Waals surface area contributed by atoms with Crippen LogP contribution < -0.4 is 15.6 Å². The van der Waals surface area contributed by atoms with E-state index in [4.69, 9.17) is 11.6 Å². The van der Waals surface area contributed by atoms with E-state index in [0.29, 0.717) is 10.7 Å². The molecule has 0 aliphatic heterocycles. The number of anilines is 2. The predicted octanol–water partition coefficient (Wildman–Crippen LogP) is 2.80. The quantitative estimate of drug-likeness (QED) is 0.501. The number of halogens is 1. The topological polar surface area (TPSA) is 73.8 Å². The molecule has 7 heteroatoms. The highest BCUT2D eigenvalue weighted by Crippen LogP contribution is 2.19. The number of hydrogen-bond donors (Lipinski definition) is 2. The van der Waals surface area contributed by atoms with Gasteiger partial charge in [0.1, 0.15) is 0 Å². The molecule has 0 fully saturated rings. The summed E-state index contributed by atoms with van der Waals surface area (Å²) in [7, 11) is 3.90. The van der Waals surface area contributed by atoms with Gasteiger partial charge in [0.05, 0.1) is 6.21 Å². The number of aryl methyl sites for hydroxylation is 1. The molecule has 0 saturated carbocycles. The summed E-state index contributed by atoms with van der Waals surface area (Å²) in [5.74, 6) is -1.68. The lowest BCUT2D eigenvalue weighted by Gasteiger charge is -2.11. The van der Waals surface area contributed by atoms with Crippen LogP contribution in [0.3, 0.4) is 0 Å². The number of rotatable bonds is 4. The van der Waals surface area contributed by atoms with Crippen molar-refractivity contribution >= 4 is 41.0 Å². The van der Waals surface area contributed by atoms with E-state index >= 15 is 0 Å². The Balaban J connectivity index is 1.90. The van der Waals surface area contributed by atoms with Crippen molar-refractivity contribution in [2.75, 3.05) is 24.3 Å². The van der Waals surface area contributed by atoms with Crippen LogP contribution in [0.2, 0.25) is 5.02 Å². The number of hydrogen-bond acceptors (Lipinski definition) is 4. The number of carbonyl (C=O) groups is 2. The Morgan fingerprint density at radius 2 is 1.76 bits per heavy atom. The number of amides is 2. The van der Waals surface area contributed by atoms with E-state index in [1.54, 1.807) is 18.2 Å². The normalized spacial score (nSPS) is 10.6. The minimum Gasteiger partial charge on any atom is -0.378 e. The Morgan fingerprint density at radius 3 is 2.36 bits per heavy atom. The minimum atomic E-state index is -0.863. The molecule has 0 atom stereocenters. The standard InChI is InChI=1S/C18H19ClN4O2/c1-12-4-7-14(10-16(12)19)21-17(24)18(25)22-20-11-13-5-8-15(9-6-13)23(2)3/h4-11H,1-3H3,(H,21,24)(H,22,25)/b20-11-. The highest BCUT2D eigenvalue weighted by Gasteiger charge is 2.13. The van der Waals surface area contributed by atoms with Crippen molar-refractivity contribution in [2.45, 2.75) is 6.92 Å². The van der Waals surface area contributed by atoms with Gasteiger partial charge in [0.2, 0.25) is 0 Å². The molecule has 130 valence electrons. The van der Waals surface area contributed by atoms with Gasteiger partial charge in [0.25, 0.3) is 0 Å². The zero-order chi connectivity index (χ0) is 18.4. The molecule has 2 rings (SSSR count). The van der Waals surface area contributed by atoms with Crippen LogP contribution in [0.1, 0.15) is 11.1 Å². The Labute approximate surface area is 151 Å². The van der Waals surface area contributed by atoms with Crippen molar-refractivity contribution in [2.24, 2.45) is 5.10 Å². The number of nitrogens with zero attached hydrogens (tertiary/aromatic N) is 2. The lowest BCUT2D eigenvalue weighted by Crippen LogP contribution is -2.32. The Bertz CT molecular complexity index is 801. The first-order chi connectivity index (χ1) is 11.9. The molecule has 2 N–H and O–H groups in total. The maximum Gasteiger partial charge on any atom is 0.329 e. The zero-order valence-corrected chi connectivity index (χ0v) is 15.0. The average Bonchev–Trinajstić information content (AvgIpc) is 2.58. The smallest absolute Gasteiger partial charge is 0.329 e. The fourth-order valence-corrected chi connectivity index (χ4v) is 2.11. The van der Waals surface area contributed by atoms with Crippen LogP contribution in [0.4, 0.5) is 11.4 Å². The molecule has 0 spiro atoms. The van der Waals surface area contributed by atoms with Crippen molar-refractivity contribution in [1.82, 2.24) is 5.43 Å². The summed E-state index contributed by atoms with van der Waals surface area (Å²) in [4.78, 5) is 25.6. The number of carbonyl (C=O) groups excluding carboxylic acids is 2. The van der Waals surface area contributed by atoms with Crippen molar-refractivity contribution in [3.05, 3.63) is 58.6 Å². The summed E-state index contributed by atoms with van der Waals surface area (Å²) >= 11 is 5.98. The third-order valence-corrected chi connectivity index (χ3v) is 3.83. The molecule has 2 aromatic carbocycles. The van der Waals surface area contributed by atoms with Crippen molar-refractivity contribution in [3.63, 3.8) is 0 Å². The second-order valence-electron chi connectivity index (χ2n) is 5.60. The highest BCUT2D eigenvalue weighted by atomic mass is 35.5. The van der Waals surface area contributed by atoms with Crippen LogP contribution in [-0.4, -0.2) is 32.1 Å². The van der Waals surface area contributed by atoms with E-state index in [1.807, 2.05) is 50.2 Å². The van der Waals surface area contributed by atoms with Gasteiger partial charge in [-0.05, 0) is 42.3 Å². The Hall–Kier alpha value is -2.86. The van der Waals surface area contributed by atoms with Gasteiger partial charge < -0.3 is 10.2 Å². The summed E-state index contributed by atoms with van der Waals surface area (Å²) in [6, 6.07) is 12.6. The second-order valence-corrected chi connectivity index (χ2v) is 6.01. The fraction of sp³-hybridized carbons (Fsp3) is 0.167. The molecule has 0 aliphatic rings. The number of benzene rings is 2. The van der Waals surface area contributed by atoms with Gasteiger partial charge >= 0.3 is 11.8 Å². The van der Waals surface area contributed by atoms with E-state index in [9.17, 15) is 9.59 Å². The molecular formula is C18H19ClN4O2. The molecule has 0 radical (unpaired) electrons. The van der Waals surface area contributed by atoms with Gasteiger partial charge in [0.15, 0.2) is 0 Å². The molecular weight excluding hydrogens is 340 g/mol. The molecule has 0 aliphatic carbocycles. The highest BCUT2D eigenvalue weighted by molar-refractivity contribution is 6.39. The minimum absolute atomic E-state index is 0.444. The molecule has 0 bridgehead atoms. The molecule has 0 saturated heterocycles. The summed E-state index contributed by atoms with van der Waals surface area (Å²) in [5.41, 5.74) is 5.37. The molecule has 0 unspecified atom stereocenters. The van der Waals surface area contributed by atoms with Crippen molar-refractivity contribution < 1.29 is 9.59 Å². The summed E-state index contributed by atoms with van der Waals surface area (Å²) in [6.07, 6.45) is 1.47. The van der Waals surface area contributed by atoms with Crippen molar-refractivity contribution in [3.8, 4) is 0 Å². The molecule has 2 amide bonds. The van der Waals surface area contributed by atoms with Gasteiger partial charge in [-0.25, -0.2) is 5.43 Å². The SMILES string of the molecule is Cc1ccc(NC(=O)C(=O)N/N=C\c2ccc(N(C)C)cc2)cc1Cl. The first-order valence-electron chi connectivity index (χ1n) is 7.55. The van der Waals surface area contributed by atoms with E-state index < -0.39 is 11.8 Å². The summed E-state index contributed by atoms with van der Waals surface area (Å²) in [5, 5.41) is 6.76. The van der Waals surface area contributed by atoms with Crippen LogP contribution in [0, 0.1) is 6.92 Å². The number of nitrogens with one attached hydrogen (secondary N) is 2. The number of hydrazone groups is 1. The molecule has 0 heterocycles. The van der Waals surface area contributed by atoms with E-state index in [0.717, 1.165) is 16.8 Å². The maximum absolute atomic E-state index is 11.8. The predicted molar refractivity (Wildman–Crippen MR) is 101 cm³/mol. The van der Waals surface area contributed by atoms with E-state index in [1.165, 1.54) is 6.21 Å². The van der Waals surface area contributed by atoms with Gasteiger partial charge in [0, 0.05) is 30.5 Å². The third-order valence-electron chi connectivity index (χ3n) is 3.43. The summed E-state index contributed by atoms with van der Waals surface area (Å²) in [6.45, 7) is 1.85. The van der Waals surface area contributed by atoms with Crippen LogP contribution in [0.15, 0.2) is 47.6 Å². The molecule has 2 aromatic rings. The monoisotopic (exact) mass is 358 g/mol. The van der Waals surface area contributed by atoms with Gasteiger partial charge in [-0.2, -0.15) is 5.10 Å². The largest absolute Gasteiger partial charge is 0.378 e. The lowest BCUT2D eigenvalue weighted by molar-refractivity contribution is -0.136. The fourth-order valence-electron chi connectivity index (χ4n) is 1.93. The third kappa shape index (κ3) is 5.32.